The summed E-state index contributed by atoms with van der Waals surface area (Å²) in [6, 6.07) is 9.96. The van der Waals surface area contributed by atoms with Crippen molar-refractivity contribution in [1.82, 2.24) is 5.32 Å². The molecule has 0 amide bonds. The lowest BCUT2D eigenvalue weighted by Crippen LogP contribution is -2.30. The first-order valence-electron chi connectivity index (χ1n) is 8.08. The quantitative estimate of drug-likeness (QED) is 0.887. The largest absolute Gasteiger partial charge is 0.497 e. The minimum absolute atomic E-state index is 0.0252. The summed E-state index contributed by atoms with van der Waals surface area (Å²) in [6.07, 6.45) is 0.947. The number of fused-ring (bicyclic) bond motifs is 1. The van der Waals surface area contributed by atoms with Gasteiger partial charge in [0.2, 0.25) is 0 Å². The van der Waals surface area contributed by atoms with Crippen LogP contribution in [0.1, 0.15) is 29.7 Å². The topological polar surface area (TPSA) is 39.7 Å². The molecular formula is C19H22ClNO3. The van der Waals surface area contributed by atoms with Gasteiger partial charge >= 0.3 is 0 Å². The van der Waals surface area contributed by atoms with Gasteiger partial charge in [0, 0.05) is 11.6 Å². The Morgan fingerprint density at radius 2 is 1.92 bits per heavy atom. The van der Waals surface area contributed by atoms with Crippen LogP contribution in [0.4, 0.5) is 0 Å². The molecule has 3 rings (SSSR count). The number of methoxy groups -OCH3 is 2. The number of nitrogens with one attached hydrogen (secondary N) is 1. The van der Waals surface area contributed by atoms with Crippen LogP contribution in [0.5, 0.6) is 17.2 Å². The molecule has 0 saturated heterocycles. The molecule has 0 bridgehead atoms. The number of hydrogen-bond donors (Lipinski definition) is 1. The molecule has 1 aliphatic rings. The zero-order valence-corrected chi connectivity index (χ0v) is 14.9. The third-order valence-corrected chi connectivity index (χ3v) is 4.63. The van der Waals surface area contributed by atoms with E-state index < -0.39 is 0 Å². The lowest BCUT2D eigenvalue weighted by atomic mass is 9.89. The Morgan fingerprint density at radius 1 is 1.08 bits per heavy atom. The highest BCUT2D eigenvalue weighted by Gasteiger charge is 2.25. The minimum Gasteiger partial charge on any atom is -0.497 e. The first-order valence-corrected chi connectivity index (χ1v) is 8.46. The molecule has 0 aromatic heterocycles. The molecule has 0 fully saturated rings. The molecule has 0 spiro atoms. The maximum Gasteiger partial charge on any atom is 0.161 e. The Bertz CT molecular complexity index is 733. The third kappa shape index (κ3) is 3.17. The Balaban J connectivity index is 2.06. The molecule has 0 saturated carbocycles. The fraction of sp³-hybridized carbons (Fsp3) is 0.368. The number of hydrogen-bond acceptors (Lipinski definition) is 4. The second-order valence-electron chi connectivity index (χ2n) is 5.66. The summed E-state index contributed by atoms with van der Waals surface area (Å²) in [4.78, 5) is 0. The number of benzene rings is 2. The Labute approximate surface area is 147 Å². The second kappa shape index (κ2) is 7.32. The molecule has 5 heteroatoms. The van der Waals surface area contributed by atoms with Crippen LogP contribution in [0.2, 0.25) is 5.02 Å². The lowest BCUT2D eigenvalue weighted by molar-refractivity contribution is 0.309. The van der Waals surface area contributed by atoms with E-state index in [0.717, 1.165) is 35.8 Å². The van der Waals surface area contributed by atoms with E-state index in [-0.39, 0.29) is 6.04 Å². The van der Waals surface area contributed by atoms with Gasteiger partial charge in [0.25, 0.3) is 0 Å². The van der Waals surface area contributed by atoms with Crippen molar-refractivity contribution in [2.45, 2.75) is 19.4 Å². The van der Waals surface area contributed by atoms with E-state index in [2.05, 4.69) is 17.4 Å². The summed E-state index contributed by atoms with van der Waals surface area (Å²) in [5.74, 6) is 2.29. The normalized spacial score (nSPS) is 16.4. The SMILES string of the molecule is CCOc1cc2c(cc1OC)CCNC2c1ccc(OC)cc1Cl. The molecule has 2 aromatic carbocycles. The highest BCUT2D eigenvalue weighted by Crippen LogP contribution is 2.39. The monoisotopic (exact) mass is 347 g/mol. The van der Waals surface area contributed by atoms with E-state index in [4.69, 9.17) is 25.8 Å². The first kappa shape index (κ1) is 16.9. The van der Waals surface area contributed by atoms with Gasteiger partial charge in [-0.05, 0) is 54.3 Å². The summed E-state index contributed by atoms with van der Waals surface area (Å²) in [7, 11) is 3.31. The second-order valence-corrected chi connectivity index (χ2v) is 6.07. The smallest absolute Gasteiger partial charge is 0.161 e. The van der Waals surface area contributed by atoms with E-state index in [9.17, 15) is 0 Å². The zero-order chi connectivity index (χ0) is 17.1. The van der Waals surface area contributed by atoms with Crippen LogP contribution in [0, 0.1) is 0 Å². The molecule has 1 heterocycles. The van der Waals surface area contributed by atoms with Crippen molar-refractivity contribution in [3.63, 3.8) is 0 Å². The van der Waals surface area contributed by atoms with E-state index in [1.807, 2.05) is 25.1 Å². The van der Waals surface area contributed by atoms with Crippen LogP contribution >= 0.6 is 11.6 Å². The lowest BCUT2D eigenvalue weighted by Gasteiger charge is -2.29. The van der Waals surface area contributed by atoms with Crippen molar-refractivity contribution in [2.24, 2.45) is 0 Å². The van der Waals surface area contributed by atoms with Gasteiger partial charge in [-0.1, -0.05) is 17.7 Å². The van der Waals surface area contributed by atoms with Crippen LogP contribution < -0.4 is 19.5 Å². The van der Waals surface area contributed by atoms with Gasteiger partial charge in [-0.2, -0.15) is 0 Å². The van der Waals surface area contributed by atoms with Crippen molar-refractivity contribution < 1.29 is 14.2 Å². The predicted molar refractivity (Wildman–Crippen MR) is 95.7 cm³/mol. The van der Waals surface area contributed by atoms with Gasteiger partial charge in [-0.25, -0.2) is 0 Å². The third-order valence-electron chi connectivity index (χ3n) is 4.30. The van der Waals surface area contributed by atoms with Crippen LogP contribution in [0.15, 0.2) is 30.3 Å². The van der Waals surface area contributed by atoms with E-state index in [1.54, 1.807) is 14.2 Å². The van der Waals surface area contributed by atoms with E-state index >= 15 is 0 Å². The fourth-order valence-electron chi connectivity index (χ4n) is 3.14. The first-order chi connectivity index (χ1) is 11.7. The average molecular weight is 348 g/mol. The minimum atomic E-state index is 0.0252. The predicted octanol–water partition coefficient (Wildman–Crippen LogP) is 3.99. The highest BCUT2D eigenvalue weighted by molar-refractivity contribution is 6.31. The molecule has 1 aliphatic heterocycles. The summed E-state index contributed by atoms with van der Waals surface area (Å²) < 4.78 is 16.5. The van der Waals surface area contributed by atoms with Gasteiger partial charge in [0.15, 0.2) is 11.5 Å². The maximum atomic E-state index is 6.49. The van der Waals surface area contributed by atoms with Crippen LogP contribution in [-0.4, -0.2) is 27.4 Å². The van der Waals surface area contributed by atoms with Crippen molar-refractivity contribution in [1.29, 1.82) is 0 Å². The number of rotatable bonds is 5. The molecule has 0 aliphatic carbocycles. The van der Waals surface area contributed by atoms with Crippen molar-refractivity contribution in [3.8, 4) is 17.2 Å². The number of halogens is 1. The fourth-order valence-corrected chi connectivity index (χ4v) is 3.42. The van der Waals surface area contributed by atoms with Gasteiger partial charge in [0.1, 0.15) is 5.75 Å². The zero-order valence-electron chi connectivity index (χ0n) is 14.2. The van der Waals surface area contributed by atoms with Gasteiger partial charge in [-0.3, -0.25) is 0 Å². The highest BCUT2D eigenvalue weighted by atomic mass is 35.5. The summed E-state index contributed by atoms with van der Waals surface area (Å²) in [6.45, 7) is 3.45. The van der Waals surface area contributed by atoms with Crippen molar-refractivity contribution >= 4 is 11.6 Å². The molecule has 1 atom stereocenters. The Kier molecular flexibility index (Phi) is 5.17. The maximum absolute atomic E-state index is 6.49. The molecule has 128 valence electrons. The molecule has 2 aromatic rings. The molecule has 0 radical (unpaired) electrons. The molecule has 1 unspecified atom stereocenters. The van der Waals surface area contributed by atoms with Crippen molar-refractivity contribution in [2.75, 3.05) is 27.4 Å². The molecular weight excluding hydrogens is 326 g/mol. The van der Waals surface area contributed by atoms with Gasteiger partial charge in [-0.15, -0.1) is 0 Å². The number of ether oxygens (including phenoxy) is 3. The van der Waals surface area contributed by atoms with E-state index in [0.29, 0.717) is 11.6 Å². The van der Waals surface area contributed by atoms with Crippen molar-refractivity contribution in [3.05, 3.63) is 52.0 Å². The van der Waals surface area contributed by atoms with Crippen LogP contribution in [0.3, 0.4) is 0 Å². The van der Waals surface area contributed by atoms with E-state index in [1.165, 1.54) is 11.1 Å². The van der Waals surface area contributed by atoms with Crippen LogP contribution in [0.25, 0.3) is 0 Å². The summed E-state index contributed by atoms with van der Waals surface area (Å²) in [5.41, 5.74) is 3.47. The summed E-state index contributed by atoms with van der Waals surface area (Å²) >= 11 is 6.49. The average Bonchev–Trinajstić information content (AvgIpc) is 2.61. The Morgan fingerprint density at radius 3 is 2.58 bits per heavy atom. The summed E-state index contributed by atoms with van der Waals surface area (Å²) in [5, 5.41) is 4.24. The molecule has 24 heavy (non-hydrogen) atoms. The van der Waals surface area contributed by atoms with Crippen LogP contribution in [-0.2, 0) is 6.42 Å². The standard InChI is InChI=1S/C19H22ClNO3/c1-4-24-18-11-15-12(9-17(18)23-3)7-8-21-19(15)14-6-5-13(22-2)10-16(14)20/h5-6,9-11,19,21H,4,7-8H2,1-3H3. The molecule has 4 nitrogen and oxygen atoms in total. The Hall–Kier alpha value is -1.91. The molecule has 1 N–H and O–H groups in total. The van der Waals surface area contributed by atoms with Gasteiger partial charge < -0.3 is 19.5 Å². The van der Waals surface area contributed by atoms with Gasteiger partial charge in [0.05, 0.1) is 26.9 Å².